The lowest BCUT2D eigenvalue weighted by molar-refractivity contribution is 0.104. The summed E-state index contributed by atoms with van der Waals surface area (Å²) >= 11 is 1.27. The van der Waals surface area contributed by atoms with E-state index in [1.165, 1.54) is 30.2 Å². The number of ether oxygens (including phenoxy) is 2. The maximum Gasteiger partial charge on any atom is 0.207 e. The number of benzene rings is 3. The Labute approximate surface area is 220 Å². The second-order valence-corrected chi connectivity index (χ2v) is 10.6. The van der Waals surface area contributed by atoms with E-state index in [0.717, 1.165) is 41.4 Å². The van der Waals surface area contributed by atoms with Crippen molar-refractivity contribution in [2.75, 3.05) is 26.2 Å². The first-order valence-electron chi connectivity index (χ1n) is 12.6. The van der Waals surface area contributed by atoms with Crippen molar-refractivity contribution < 1.29 is 24.5 Å². The van der Waals surface area contributed by atoms with E-state index in [4.69, 9.17) is 9.47 Å². The highest BCUT2D eigenvalue weighted by molar-refractivity contribution is 7.21. The topological polar surface area (TPSA) is 79.2 Å². The van der Waals surface area contributed by atoms with Crippen LogP contribution in [0.2, 0.25) is 0 Å². The monoisotopic (exact) mass is 517 g/mol. The molecule has 1 fully saturated rings. The Bertz CT molecular complexity index is 1410. The van der Waals surface area contributed by atoms with Gasteiger partial charge in [-0.05, 0) is 92.0 Å². The van der Waals surface area contributed by atoms with Gasteiger partial charge in [0, 0.05) is 28.7 Å². The molecule has 7 heteroatoms. The lowest BCUT2D eigenvalue weighted by atomic mass is 10.0. The fourth-order valence-corrected chi connectivity index (χ4v) is 5.92. The van der Waals surface area contributed by atoms with E-state index in [9.17, 15) is 15.0 Å². The van der Waals surface area contributed by atoms with E-state index < -0.39 is 0 Å². The van der Waals surface area contributed by atoms with Gasteiger partial charge in [-0.3, -0.25) is 9.69 Å². The Morgan fingerprint density at radius 2 is 1.76 bits per heavy atom. The largest absolute Gasteiger partial charge is 0.508 e. The highest BCUT2D eigenvalue weighted by atomic mass is 32.1. The third kappa shape index (κ3) is 5.58. The minimum atomic E-state index is -0.194. The van der Waals surface area contributed by atoms with Gasteiger partial charge >= 0.3 is 0 Å². The Hall–Kier alpha value is -3.55. The Balaban J connectivity index is 1.34. The predicted octanol–water partition coefficient (Wildman–Crippen LogP) is 6.75. The number of likely N-dealkylation sites (tertiary alicyclic amines) is 1. The molecule has 0 aliphatic carbocycles. The molecular formula is C30H31NO5S. The van der Waals surface area contributed by atoms with Crippen LogP contribution in [0, 0.1) is 12.8 Å². The van der Waals surface area contributed by atoms with Crippen LogP contribution in [0.5, 0.6) is 28.7 Å². The minimum absolute atomic E-state index is 0.111. The number of hydrogen-bond acceptors (Lipinski definition) is 7. The Kier molecular flexibility index (Phi) is 7.35. The maximum absolute atomic E-state index is 13.5. The first kappa shape index (κ1) is 25.1. The number of phenols is 2. The summed E-state index contributed by atoms with van der Waals surface area (Å²) in [6.45, 7) is 7.90. The van der Waals surface area contributed by atoms with Crippen LogP contribution in [0.4, 0.5) is 0 Å². The number of aryl methyl sites for hydroxylation is 1. The zero-order valence-corrected chi connectivity index (χ0v) is 21.9. The molecule has 0 amide bonds. The van der Waals surface area contributed by atoms with Crippen LogP contribution in [0.15, 0.2) is 60.7 Å². The molecule has 0 spiro atoms. The van der Waals surface area contributed by atoms with E-state index >= 15 is 0 Å². The van der Waals surface area contributed by atoms with Gasteiger partial charge < -0.3 is 19.7 Å². The molecule has 4 aromatic rings. The standard InChI is InChI=1S/C30H31NO5S/c1-3-20-12-13-31(18-20)14-15-35-23-6-8-24(9-7-23)36-29-26-11-5-22(33)17-27(26)37-30(29)28(34)25-10-4-21(32)16-19(25)2/h4-11,16-17,20,32-33H,3,12-15,18H2,1-2H3/t20-/m0/s1. The number of ketones is 1. The lowest BCUT2D eigenvalue weighted by Crippen LogP contribution is -2.26. The van der Waals surface area contributed by atoms with E-state index in [1.54, 1.807) is 37.3 Å². The van der Waals surface area contributed by atoms with Crippen molar-refractivity contribution in [3.8, 4) is 28.7 Å². The number of carbonyl (C=O) groups excluding carboxylic acids is 1. The molecule has 192 valence electrons. The van der Waals surface area contributed by atoms with Crippen LogP contribution >= 0.6 is 11.3 Å². The van der Waals surface area contributed by atoms with Crippen molar-refractivity contribution in [2.45, 2.75) is 26.7 Å². The van der Waals surface area contributed by atoms with Gasteiger partial charge in [-0.2, -0.15) is 0 Å². The molecule has 0 bridgehead atoms. The van der Waals surface area contributed by atoms with Crippen molar-refractivity contribution in [3.63, 3.8) is 0 Å². The predicted molar refractivity (Wildman–Crippen MR) is 147 cm³/mol. The molecule has 0 unspecified atom stereocenters. The van der Waals surface area contributed by atoms with Crippen LogP contribution in [0.3, 0.4) is 0 Å². The molecule has 6 nitrogen and oxygen atoms in total. The zero-order chi connectivity index (χ0) is 25.9. The third-order valence-electron chi connectivity index (χ3n) is 6.96. The molecular weight excluding hydrogens is 486 g/mol. The van der Waals surface area contributed by atoms with Gasteiger partial charge in [-0.25, -0.2) is 0 Å². The van der Waals surface area contributed by atoms with E-state index in [2.05, 4.69) is 11.8 Å². The van der Waals surface area contributed by atoms with Gasteiger partial charge in [-0.1, -0.05) is 13.3 Å². The summed E-state index contributed by atoms with van der Waals surface area (Å²) in [5.41, 5.74) is 1.17. The van der Waals surface area contributed by atoms with Crippen molar-refractivity contribution in [3.05, 3.63) is 76.7 Å². The Morgan fingerprint density at radius 1 is 1.03 bits per heavy atom. The zero-order valence-electron chi connectivity index (χ0n) is 21.1. The molecule has 37 heavy (non-hydrogen) atoms. The molecule has 1 aromatic heterocycles. The number of fused-ring (bicyclic) bond motifs is 1. The molecule has 3 aromatic carbocycles. The summed E-state index contributed by atoms with van der Waals surface area (Å²) in [4.78, 5) is 16.4. The van der Waals surface area contributed by atoms with Crippen molar-refractivity contribution in [1.29, 1.82) is 0 Å². The number of rotatable bonds is 9. The number of carbonyl (C=O) groups is 1. The summed E-state index contributed by atoms with van der Waals surface area (Å²) in [7, 11) is 0. The average Bonchev–Trinajstić information content (AvgIpc) is 3.49. The average molecular weight is 518 g/mol. The molecule has 1 aliphatic heterocycles. The highest BCUT2D eigenvalue weighted by Crippen LogP contribution is 2.43. The van der Waals surface area contributed by atoms with Crippen LogP contribution in [-0.4, -0.2) is 47.1 Å². The summed E-state index contributed by atoms with van der Waals surface area (Å²) in [6, 6.07) is 17.1. The molecule has 1 aliphatic rings. The van der Waals surface area contributed by atoms with Crippen molar-refractivity contribution in [1.82, 2.24) is 4.90 Å². The fourth-order valence-electron chi connectivity index (χ4n) is 4.80. The van der Waals surface area contributed by atoms with Gasteiger partial charge in [0.2, 0.25) is 5.78 Å². The molecule has 0 radical (unpaired) electrons. The van der Waals surface area contributed by atoms with Crippen molar-refractivity contribution in [2.24, 2.45) is 5.92 Å². The summed E-state index contributed by atoms with van der Waals surface area (Å²) < 4.78 is 13.0. The van der Waals surface area contributed by atoms with Gasteiger partial charge in [0.05, 0.1) is 0 Å². The van der Waals surface area contributed by atoms with Crippen LogP contribution in [0.25, 0.3) is 10.1 Å². The maximum atomic E-state index is 13.5. The van der Waals surface area contributed by atoms with Crippen LogP contribution in [-0.2, 0) is 0 Å². The number of thiophene rings is 1. The van der Waals surface area contributed by atoms with Gasteiger partial charge in [0.1, 0.15) is 34.5 Å². The summed E-state index contributed by atoms with van der Waals surface area (Å²) in [5.74, 6) is 2.66. The van der Waals surface area contributed by atoms with E-state index in [0.29, 0.717) is 34.1 Å². The lowest BCUT2D eigenvalue weighted by Gasteiger charge is -2.16. The number of aromatic hydroxyl groups is 2. The minimum Gasteiger partial charge on any atom is -0.508 e. The van der Waals surface area contributed by atoms with Crippen LogP contribution in [0.1, 0.15) is 40.6 Å². The smallest absolute Gasteiger partial charge is 0.207 e. The second kappa shape index (κ2) is 10.8. The summed E-state index contributed by atoms with van der Waals surface area (Å²) in [5, 5.41) is 20.5. The van der Waals surface area contributed by atoms with Gasteiger partial charge in [0.25, 0.3) is 0 Å². The SMILES string of the molecule is CC[C@H]1CCN(CCOc2ccc(Oc3c(C(=O)c4ccc(O)cc4C)sc4cc(O)ccc34)cc2)C1. The van der Waals surface area contributed by atoms with Crippen molar-refractivity contribution >= 4 is 27.2 Å². The van der Waals surface area contributed by atoms with E-state index in [-0.39, 0.29) is 17.3 Å². The van der Waals surface area contributed by atoms with Gasteiger partial charge in [-0.15, -0.1) is 11.3 Å². The van der Waals surface area contributed by atoms with E-state index in [1.807, 2.05) is 24.3 Å². The van der Waals surface area contributed by atoms with Crippen LogP contribution < -0.4 is 9.47 Å². The second-order valence-electron chi connectivity index (χ2n) is 9.55. The number of phenolic OH excluding ortho intramolecular Hbond substituents is 2. The molecule has 2 N–H and O–H groups in total. The normalized spacial score (nSPS) is 15.8. The first-order chi connectivity index (χ1) is 17.9. The number of hydrogen-bond donors (Lipinski definition) is 2. The molecule has 1 atom stereocenters. The quantitative estimate of drug-likeness (QED) is 0.239. The van der Waals surface area contributed by atoms with Gasteiger partial charge in [0.15, 0.2) is 5.75 Å². The molecule has 1 saturated heterocycles. The highest BCUT2D eigenvalue weighted by Gasteiger charge is 2.24. The first-order valence-corrected chi connectivity index (χ1v) is 13.5. The summed E-state index contributed by atoms with van der Waals surface area (Å²) in [6.07, 6.45) is 2.51. The number of nitrogens with zero attached hydrogens (tertiary/aromatic N) is 1. The third-order valence-corrected chi connectivity index (χ3v) is 8.09. The molecule has 0 saturated carbocycles. The molecule has 2 heterocycles. The fraction of sp³-hybridized carbons (Fsp3) is 0.300. The molecule has 5 rings (SSSR count). The Morgan fingerprint density at radius 3 is 2.49 bits per heavy atom.